The number of thiocarbonyl (C=S) groups is 1. The predicted octanol–water partition coefficient (Wildman–Crippen LogP) is 1.03. The third kappa shape index (κ3) is 4.88. The van der Waals surface area contributed by atoms with Crippen LogP contribution in [0.1, 0.15) is 6.42 Å². The lowest BCUT2D eigenvalue weighted by molar-refractivity contribution is -0.135. The van der Waals surface area contributed by atoms with Gasteiger partial charge in [0.15, 0.2) is 5.11 Å². The molecule has 3 fully saturated rings. The summed E-state index contributed by atoms with van der Waals surface area (Å²) in [6.45, 7) is 4.78. The van der Waals surface area contributed by atoms with Gasteiger partial charge in [-0.15, -0.1) is 0 Å². The van der Waals surface area contributed by atoms with Crippen molar-refractivity contribution < 1.29 is 23.5 Å². The van der Waals surface area contributed by atoms with E-state index in [1.54, 1.807) is 17.0 Å². The first-order valence-electron chi connectivity index (χ1n) is 10.8. The Morgan fingerprint density at radius 1 is 1.22 bits per heavy atom. The molecule has 3 saturated heterocycles. The molecular weight excluding hydrogens is 437 g/mol. The molecule has 1 aromatic carbocycles. The van der Waals surface area contributed by atoms with Gasteiger partial charge in [0.25, 0.3) is 0 Å². The molecule has 0 spiro atoms. The van der Waals surface area contributed by atoms with E-state index in [1.807, 2.05) is 4.90 Å². The molecule has 4 rings (SSSR count). The number of hydrogen-bond donors (Lipinski definition) is 1. The second-order valence-electron chi connectivity index (χ2n) is 8.08. The summed E-state index contributed by atoms with van der Waals surface area (Å²) >= 11 is 5.32. The van der Waals surface area contributed by atoms with Gasteiger partial charge in [-0.2, -0.15) is 0 Å². The molecule has 3 aliphatic heterocycles. The van der Waals surface area contributed by atoms with E-state index in [9.17, 15) is 14.0 Å². The van der Waals surface area contributed by atoms with Crippen molar-refractivity contribution in [3.05, 3.63) is 24.0 Å². The van der Waals surface area contributed by atoms with Crippen molar-refractivity contribution in [1.82, 2.24) is 15.1 Å². The third-order valence-corrected chi connectivity index (χ3v) is 6.38. The number of rotatable bonds is 6. The maximum Gasteiger partial charge on any atom is 0.414 e. The van der Waals surface area contributed by atoms with Gasteiger partial charge in [-0.25, -0.2) is 9.18 Å². The number of ether oxygens (including phenoxy) is 2. The van der Waals surface area contributed by atoms with Crippen molar-refractivity contribution >= 4 is 40.7 Å². The lowest BCUT2D eigenvalue weighted by Crippen LogP contribution is -2.50. The van der Waals surface area contributed by atoms with Crippen molar-refractivity contribution in [2.24, 2.45) is 0 Å². The topological polar surface area (TPSA) is 77.6 Å². The molecule has 0 saturated carbocycles. The quantitative estimate of drug-likeness (QED) is 0.625. The van der Waals surface area contributed by atoms with E-state index in [0.717, 1.165) is 19.5 Å². The summed E-state index contributed by atoms with van der Waals surface area (Å²) in [5.41, 5.74) is 0.913. The van der Waals surface area contributed by atoms with E-state index < -0.39 is 11.9 Å². The molecule has 1 unspecified atom stereocenters. The Morgan fingerprint density at radius 2 is 1.97 bits per heavy atom. The normalized spacial score (nSPS) is 20.8. The number of methoxy groups -OCH3 is 1. The van der Waals surface area contributed by atoms with Crippen LogP contribution in [0, 0.1) is 5.82 Å². The Balaban J connectivity index is 1.32. The number of hydrogen-bond acceptors (Lipinski definition) is 6. The lowest BCUT2D eigenvalue weighted by Gasteiger charge is -2.36. The number of carbonyl (C=O) groups excluding carboxylic acids is 2. The number of cyclic esters (lactones) is 1. The molecule has 1 aromatic rings. The van der Waals surface area contributed by atoms with Gasteiger partial charge in [-0.1, -0.05) is 0 Å². The predicted molar refractivity (Wildman–Crippen MR) is 121 cm³/mol. The molecule has 0 aromatic heterocycles. The van der Waals surface area contributed by atoms with Crippen molar-refractivity contribution in [3.63, 3.8) is 0 Å². The molecule has 0 bridgehead atoms. The zero-order valence-electron chi connectivity index (χ0n) is 18.1. The van der Waals surface area contributed by atoms with E-state index in [2.05, 4.69) is 10.2 Å². The number of amides is 2. The number of nitrogens with zero attached hydrogens (tertiary/aromatic N) is 4. The van der Waals surface area contributed by atoms with E-state index in [0.29, 0.717) is 55.8 Å². The fourth-order valence-corrected chi connectivity index (χ4v) is 4.27. The van der Waals surface area contributed by atoms with Gasteiger partial charge >= 0.3 is 6.09 Å². The van der Waals surface area contributed by atoms with Gasteiger partial charge in [-0.05, 0) is 36.8 Å². The summed E-state index contributed by atoms with van der Waals surface area (Å²) in [6, 6.07) is 4.76. The van der Waals surface area contributed by atoms with E-state index in [-0.39, 0.29) is 18.6 Å². The van der Waals surface area contributed by atoms with Crippen molar-refractivity contribution in [2.45, 2.75) is 12.5 Å². The molecule has 1 atom stereocenters. The molecule has 174 valence electrons. The SMILES string of the molecule is COCC(=O)N1CCN(c2ccc(N3CC(CNC(=S)N4CCC4)OC3=O)cc2F)CC1. The molecule has 1 N–H and O–H groups in total. The number of piperazine rings is 1. The van der Waals surface area contributed by atoms with E-state index in [1.165, 1.54) is 18.1 Å². The monoisotopic (exact) mass is 465 g/mol. The van der Waals surface area contributed by atoms with Crippen LogP contribution < -0.4 is 15.1 Å². The largest absolute Gasteiger partial charge is 0.442 e. The zero-order chi connectivity index (χ0) is 22.7. The lowest BCUT2D eigenvalue weighted by atomic mass is 10.2. The van der Waals surface area contributed by atoms with Crippen LogP contribution >= 0.6 is 12.2 Å². The standard InChI is InChI=1S/C21H28FN5O4S/c1-30-14-19(28)25-9-7-24(8-10-25)18-4-3-15(11-17(18)22)27-13-16(31-21(27)29)12-23-20(32)26-5-2-6-26/h3-4,11,16H,2,5-10,12-14H2,1H3,(H,23,32). The highest BCUT2D eigenvalue weighted by molar-refractivity contribution is 7.80. The van der Waals surface area contributed by atoms with Gasteiger partial charge in [-0.3, -0.25) is 9.69 Å². The zero-order valence-corrected chi connectivity index (χ0v) is 18.9. The summed E-state index contributed by atoms with van der Waals surface area (Å²) in [5, 5.41) is 3.81. The Morgan fingerprint density at radius 3 is 2.59 bits per heavy atom. The molecule has 0 radical (unpaired) electrons. The fraction of sp³-hybridized carbons (Fsp3) is 0.571. The molecule has 2 amide bonds. The van der Waals surface area contributed by atoms with Crippen molar-refractivity contribution in [3.8, 4) is 0 Å². The van der Waals surface area contributed by atoms with Gasteiger partial charge in [0, 0.05) is 46.4 Å². The highest BCUT2D eigenvalue weighted by Crippen LogP contribution is 2.28. The Bertz CT molecular complexity index is 876. The minimum absolute atomic E-state index is 0.0511. The number of likely N-dealkylation sites (tertiary alicyclic amines) is 1. The average molecular weight is 466 g/mol. The molecule has 3 heterocycles. The second kappa shape index (κ2) is 9.86. The third-order valence-electron chi connectivity index (χ3n) is 5.98. The number of benzene rings is 1. The summed E-state index contributed by atoms with van der Waals surface area (Å²) in [6.07, 6.45) is 0.281. The summed E-state index contributed by atoms with van der Waals surface area (Å²) < 4.78 is 25.2. The van der Waals surface area contributed by atoms with Crippen LogP contribution in [-0.4, -0.2) is 99.1 Å². The van der Waals surface area contributed by atoms with Crippen LogP contribution in [0.15, 0.2) is 18.2 Å². The van der Waals surface area contributed by atoms with Crippen LogP contribution in [-0.2, 0) is 14.3 Å². The molecule has 3 aliphatic rings. The van der Waals surface area contributed by atoms with Crippen LogP contribution in [0.25, 0.3) is 0 Å². The van der Waals surface area contributed by atoms with Crippen molar-refractivity contribution in [1.29, 1.82) is 0 Å². The fourth-order valence-electron chi connectivity index (χ4n) is 4.00. The Kier molecular flexibility index (Phi) is 6.95. The van der Waals surface area contributed by atoms with Gasteiger partial charge in [0.1, 0.15) is 18.5 Å². The number of carbonyl (C=O) groups is 2. The summed E-state index contributed by atoms with van der Waals surface area (Å²) in [5.74, 6) is -0.474. The summed E-state index contributed by atoms with van der Waals surface area (Å²) in [7, 11) is 1.49. The first kappa shape index (κ1) is 22.5. The van der Waals surface area contributed by atoms with Gasteiger partial charge in [0.2, 0.25) is 5.91 Å². The molecule has 0 aliphatic carbocycles. The smallest absolute Gasteiger partial charge is 0.414 e. The van der Waals surface area contributed by atoms with Gasteiger partial charge in [0.05, 0.1) is 24.5 Å². The minimum atomic E-state index is -0.496. The second-order valence-corrected chi connectivity index (χ2v) is 8.47. The molecule has 9 nitrogen and oxygen atoms in total. The van der Waals surface area contributed by atoms with Crippen LogP contribution in [0.4, 0.5) is 20.6 Å². The maximum atomic E-state index is 14.9. The molecular formula is C21H28FN5O4S. The number of halogens is 1. The van der Waals surface area contributed by atoms with Crippen molar-refractivity contribution in [2.75, 3.05) is 75.9 Å². The minimum Gasteiger partial charge on any atom is -0.442 e. The molecule has 32 heavy (non-hydrogen) atoms. The van der Waals surface area contributed by atoms with Crippen LogP contribution in [0.2, 0.25) is 0 Å². The Labute approximate surface area is 192 Å². The highest BCUT2D eigenvalue weighted by atomic mass is 32.1. The molecule has 11 heteroatoms. The van der Waals surface area contributed by atoms with Gasteiger partial charge < -0.3 is 29.5 Å². The van der Waals surface area contributed by atoms with Crippen LogP contribution in [0.3, 0.4) is 0 Å². The Hall–Kier alpha value is -2.66. The first-order valence-corrected chi connectivity index (χ1v) is 11.2. The highest BCUT2D eigenvalue weighted by Gasteiger charge is 2.33. The average Bonchev–Trinajstić information content (AvgIpc) is 3.12. The van der Waals surface area contributed by atoms with E-state index in [4.69, 9.17) is 21.7 Å². The maximum absolute atomic E-state index is 14.9. The number of anilines is 2. The first-order chi connectivity index (χ1) is 15.5. The number of nitrogens with one attached hydrogen (secondary N) is 1. The van der Waals surface area contributed by atoms with E-state index >= 15 is 0 Å². The van der Waals surface area contributed by atoms with Crippen LogP contribution in [0.5, 0.6) is 0 Å². The summed E-state index contributed by atoms with van der Waals surface area (Å²) in [4.78, 5) is 31.4.